The molecule has 0 fully saturated rings. The molecule has 0 aliphatic carbocycles. The summed E-state index contributed by atoms with van der Waals surface area (Å²) >= 11 is 15.5. The molecule has 0 saturated carbocycles. The van der Waals surface area contributed by atoms with E-state index < -0.39 is 0 Å². The molecule has 0 atom stereocenters. The Kier molecular flexibility index (Phi) is 4.10. The van der Waals surface area contributed by atoms with Gasteiger partial charge in [-0.1, -0.05) is 23.2 Å². The Balaban J connectivity index is 2.60. The smallest absolute Gasteiger partial charge is 0.163 e. The molecule has 0 radical (unpaired) electrons. The summed E-state index contributed by atoms with van der Waals surface area (Å²) in [6.07, 6.45) is 0. The lowest BCUT2D eigenvalue weighted by molar-refractivity contribution is 1.09. The molecule has 0 unspecified atom stereocenters. The largest absolute Gasteiger partial charge is 0.372 e. The number of aryl methyl sites for hydroxylation is 1. The molecular formula is C12H10BrCl2N3. The molecule has 0 saturated heterocycles. The summed E-state index contributed by atoms with van der Waals surface area (Å²) in [7, 11) is 1.81. The normalized spacial score (nSPS) is 10.5. The summed E-state index contributed by atoms with van der Waals surface area (Å²) in [5.74, 6) is 1.30. The minimum Gasteiger partial charge on any atom is -0.372 e. The number of nitrogens with one attached hydrogen (secondary N) is 1. The van der Waals surface area contributed by atoms with Crippen molar-refractivity contribution in [2.75, 3.05) is 12.4 Å². The standard InChI is InChI=1S/C12H10BrCl2N3/c1-6-10(13)12(16-2)18-11(17-6)8-4-3-7(14)5-9(8)15/h3-5H,1-2H3,(H,16,17,18). The maximum Gasteiger partial charge on any atom is 0.163 e. The van der Waals surface area contributed by atoms with Gasteiger partial charge in [-0.3, -0.25) is 0 Å². The Morgan fingerprint density at radius 1 is 1.22 bits per heavy atom. The molecule has 94 valence electrons. The Labute approximate surface area is 124 Å². The predicted molar refractivity (Wildman–Crippen MR) is 79.5 cm³/mol. The fourth-order valence-corrected chi connectivity index (χ4v) is 2.38. The van der Waals surface area contributed by atoms with Gasteiger partial charge in [0.2, 0.25) is 0 Å². The van der Waals surface area contributed by atoms with Gasteiger partial charge in [0.1, 0.15) is 5.82 Å². The van der Waals surface area contributed by atoms with Gasteiger partial charge in [-0.25, -0.2) is 9.97 Å². The number of hydrogen-bond acceptors (Lipinski definition) is 3. The van der Waals surface area contributed by atoms with Gasteiger partial charge in [-0.05, 0) is 41.1 Å². The van der Waals surface area contributed by atoms with E-state index in [1.807, 2.05) is 13.0 Å². The molecule has 0 amide bonds. The molecule has 6 heteroatoms. The Bertz CT molecular complexity index is 602. The first-order valence-corrected chi connectivity index (χ1v) is 6.75. The van der Waals surface area contributed by atoms with Crippen LogP contribution in [-0.4, -0.2) is 17.0 Å². The minimum absolute atomic E-state index is 0.534. The Morgan fingerprint density at radius 2 is 1.94 bits per heavy atom. The first-order chi connectivity index (χ1) is 8.52. The number of hydrogen-bond donors (Lipinski definition) is 1. The molecule has 1 aromatic carbocycles. The number of rotatable bonds is 2. The average molecular weight is 347 g/mol. The third kappa shape index (κ3) is 2.60. The Morgan fingerprint density at radius 3 is 2.56 bits per heavy atom. The zero-order valence-electron chi connectivity index (χ0n) is 9.76. The van der Waals surface area contributed by atoms with Crippen LogP contribution in [0.1, 0.15) is 5.69 Å². The van der Waals surface area contributed by atoms with E-state index in [9.17, 15) is 0 Å². The van der Waals surface area contributed by atoms with Crippen molar-refractivity contribution in [2.24, 2.45) is 0 Å². The molecular weight excluding hydrogens is 337 g/mol. The van der Waals surface area contributed by atoms with Crippen molar-refractivity contribution in [2.45, 2.75) is 6.92 Å². The van der Waals surface area contributed by atoms with Gasteiger partial charge in [0, 0.05) is 17.6 Å². The van der Waals surface area contributed by atoms with Crippen LogP contribution in [-0.2, 0) is 0 Å². The van der Waals surface area contributed by atoms with Crippen molar-refractivity contribution >= 4 is 44.9 Å². The summed E-state index contributed by atoms with van der Waals surface area (Å²) in [6, 6.07) is 5.26. The molecule has 0 spiro atoms. The number of anilines is 1. The topological polar surface area (TPSA) is 37.8 Å². The van der Waals surface area contributed by atoms with Crippen LogP contribution in [0.5, 0.6) is 0 Å². The van der Waals surface area contributed by atoms with E-state index in [1.165, 1.54) is 0 Å². The number of halogens is 3. The van der Waals surface area contributed by atoms with Crippen LogP contribution >= 0.6 is 39.1 Å². The van der Waals surface area contributed by atoms with E-state index in [2.05, 4.69) is 31.2 Å². The highest BCUT2D eigenvalue weighted by molar-refractivity contribution is 9.10. The number of nitrogens with zero attached hydrogens (tertiary/aromatic N) is 2. The molecule has 1 aromatic heterocycles. The molecule has 2 rings (SSSR count). The van der Waals surface area contributed by atoms with Gasteiger partial charge in [0.05, 0.1) is 15.2 Å². The van der Waals surface area contributed by atoms with Gasteiger partial charge in [-0.15, -0.1) is 0 Å². The second-order valence-electron chi connectivity index (χ2n) is 3.67. The highest BCUT2D eigenvalue weighted by atomic mass is 79.9. The second-order valence-corrected chi connectivity index (χ2v) is 5.31. The summed E-state index contributed by atoms with van der Waals surface area (Å²) in [5.41, 5.74) is 1.60. The van der Waals surface area contributed by atoms with E-state index in [-0.39, 0.29) is 0 Å². The van der Waals surface area contributed by atoms with Crippen molar-refractivity contribution in [3.63, 3.8) is 0 Å². The highest BCUT2D eigenvalue weighted by Crippen LogP contribution is 2.31. The van der Waals surface area contributed by atoms with E-state index in [4.69, 9.17) is 23.2 Å². The first-order valence-electron chi connectivity index (χ1n) is 5.20. The molecule has 0 aliphatic heterocycles. The third-order valence-corrected chi connectivity index (χ3v) is 3.92. The minimum atomic E-state index is 0.534. The molecule has 0 aliphatic rings. The van der Waals surface area contributed by atoms with E-state index >= 15 is 0 Å². The van der Waals surface area contributed by atoms with Gasteiger partial charge >= 0.3 is 0 Å². The molecule has 0 bridgehead atoms. The average Bonchev–Trinajstić information content (AvgIpc) is 2.32. The van der Waals surface area contributed by atoms with Crippen molar-refractivity contribution in [1.82, 2.24) is 9.97 Å². The Hall–Kier alpha value is -0.840. The van der Waals surface area contributed by atoms with Crippen LogP contribution < -0.4 is 5.32 Å². The number of benzene rings is 1. The van der Waals surface area contributed by atoms with Gasteiger partial charge < -0.3 is 5.32 Å². The lowest BCUT2D eigenvalue weighted by atomic mass is 10.2. The van der Waals surface area contributed by atoms with E-state index in [1.54, 1.807) is 19.2 Å². The molecule has 1 N–H and O–H groups in total. The van der Waals surface area contributed by atoms with Gasteiger partial charge in [-0.2, -0.15) is 0 Å². The van der Waals surface area contributed by atoms with Crippen LogP contribution in [0, 0.1) is 6.92 Å². The highest BCUT2D eigenvalue weighted by Gasteiger charge is 2.12. The summed E-state index contributed by atoms with van der Waals surface area (Å²) in [5, 5.41) is 4.13. The SMILES string of the molecule is CNc1nc(-c2ccc(Cl)cc2Cl)nc(C)c1Br. The van der Waals surface area contributed by atoms with Crippen LogP contribution in [0.2, 0.25) is 10.0 Å². The van der Waals surface area contributed by atoms with Crippen LogP contribution in [0.15, 0.2) is 22.7 Å². The second kappa shape index (κ2) is 5.43. The quantitative estimate of drug-likeness (QED) is 0.865. The van der Waals surface area contributed by atoms with E-state index in [0.717, 1.165) is 21.5 Å². The van der Waals surface area contributed by atoms with Crippen molar-refractivity contribution < 1.29 is 0 Å². The number of aromatic nitrogens is 2. The summed E-state index contributed by atoms with van der Waals surface area (Å²) < 4.78 is 0.846. The lowest BCUT2D eigenvalue weighted by Crippen LogP contribution is -2.01. The fourth-order valence-electron chi connectivity index (χ4n) is 1.52. The van der Waals surface area contributed by atoms with Crippen molar-refractivity contribution in [1.29, 1.82) is 0 Å². The molecule has 1 heterocycles. The maximum atomic E-state index is 6.16. The predicted octanol–water partition coefficient (Wildman–Crippen LogP) is 4.56. The zero-order valence-corrected chi connectivity index (χ0v) is 12.9. The van der Waals surface area contributed by atoms with Crippen molar-refractivity contribution in [3.8, 4) is 11.4 Å². The van der Waals surface area contributed by atoms with Crippen LogP contribution in [0.4, 0.5) is 5.82 Å². The van der Waals surface area contributed by atoms with E-state index in [0.29, 0.717) is 15.9 Å². The maximum absolute atomic E-state index is 6.16. The van der Waals surface area contributed by atoms with Crippen LogP contribution in [0.3, 0.4) is 0 Å². The molecule has 3 nitrogen and oxygen atoms in total. The molecule has 2 aromatic rings. The first kappa shape index (κ1) is 13.6. The van der Waals surface area contributed by atoms with Crippen molar-refractivity contribution in [3.05, 3.63) is 38.4 Å². The monoisotopic (exact) mass is 345 g/mol. The third-order valence-electron chi connectivity index (χ3n) is 2.43. The summed E-state index contributed by atoms with van der Waals surface area (Å²) in [6.45, 7) is 1.90. The van der Waals surface area contributed by atoms with Crippen LogP contribution in [0.25, 0.3) is 11.4 Å². The lowest BCUT2D eigenvalue weighted by Gasteiger charge is -2.09. The van der Waals surface area contributed by atoms with Gasteiger partial charge in [0.25, 0.3) is 0 Å². The van der Waals surface area contributed by atoms with Gasteiger partial charge in [0.15, 0.2) is 5.82 Å². The zero-order chi connectivity index (χ0) is 13.3. The molecule has 18 heavy (non-hydrogen) atoms. The fraction of sp³-hybridized carbons (Fsp3) is 0.167. The summed E-state index contributed by atoms with van der Waals surface area (Å²) in [4.78, 5) is 8.83.